The summed E-state index contributed by atoms with van der Waals surface area (Å²) >= 11 is 0. The SMILES string of the molecule is CS(=O)(=O)N(CC(=O)Nc1cccc(CN2CCCCC2)c1)C1CCCCC1. The monoisotopic (exact) mass is 407 g/mol. The molecule has 1 aromatic rings. The van der Waals surface area contributed by atoms with Crippen LogP contribution in [-0.4, -0.2) is 55.5 Å². The van der Waals surface area contributed by atoms with Crippen molar-refractivity contribution >= 4 is 21.6 Å². The molecule has 6 nitrogen and oxygen atoms in total. The van der Waals surface area contributed by atoms with E-state index in [1.807, 2.05) is 18.2 Å². The van der Waals surface area contributed by atoms with E-state index < -0.39 is 10.0 Å². The Balaban J connectivity index is 1.60. The first-order chi connectivity index (χ1) is 13.4. The number of anilines is 1. The van der Waals surface area contributed by atoms with Crippen molar-refractivity contribution in [1.29, 1.82) is 0 Å². The molecule has 1 N–H and O–H groups in total. The molecule has 1 aromatic carbocycles. The minimum Gasteiger partial charge on any atom is -0.325 e. The van der Waals surface area contributed by atoms with Gasteiger partial charge in [-0.05, 0) is 56.5 Å². The second-order valence-electron chi connectivity index (χ2n) is 8.19. The molecule has 0 bridgehead atoms. The molecule has 1 saturated carbocycles. The van der Waals surface area contributed by atoms with Crippen molar-refractivity contribution in [2.75, 3.05) is 31.2 Å². The van der Waals surface area contributed by atoms with Gasteiger partial charge in [-0.1, -0.05) is 37.8 Å². The lowest BCUT2D eigenvalue weighted by molar-refractivity contribution is -0.116. The fourth-order valence-corrected chi connectivity index (χ4v) is 5.46. The number of carbonyl (C=O) groups excluding carboxylic acids is 1. The summed E-state index contributed by atoms with van der Waals surface area (Å²) in [6.07, 6.45) is 9.88. The minimum absolute atomic E-state index is 0.0556. The summed E-state index contributed by atoms with van der Waals surface area (Å²) in [4.78, 5) is 15.0. The molecular weight excluding hydrogens is 374 g/mol. The Morgan fingerprint density at radius 2 is 1.79 bits per heavy atom. The zero-order chi connectivity index (χ0) is 20.0. The molecule has 28 heavy (non-hydrogen) atoms. The lowest BCUT2D eigenvalue weighted by Crippen LogP contribution is -2.45. The van der Waals surface area contributed by atoms with Crippen LogP contribution in [0.1, 0.15) is 56.9 Å². The summed E-state index contributed by atoms with van der Waals surface area (Å²) in [7, 11) is -3.41. The number of hydrogen-bond donors (Lipinski definition) is 1. The van der Waals surface area contributed by atoms with Crippen LogP contribution in [0.2, 0.25) is 0 Å². The first-order valence-corrected chi connectivity index (χ1v) is 12.3. The smallest absolute Gasteiger partial charge is 0.239 e. The highest BCUT2D eigenvalue weighted by Gasteiger charge is 2.29. The molecule has 2 fully saturated rings. The van der Waals surface area contributed by atoms with Gasteiger partial charge in [0.25, 0.3) is 0 Å². The molecule has 1 aliphatic carbocycles. The Morgan fingerprint density at radius 1 is 1.11 bits per heavy atom. The maximum absolute atomic E-state index is 12.6. The van der Waals surface area contributed by atoms with Gasteiger partial charge in [0.15, 0.2) is 0 Å². The summed E-state index contributed by atoms with van der Waals surface area (Å²) in [5.74, 6) is -0.272. The highest BCUT2D eigenvalue weighted by molar-refractivity contribution is 7.88. The third kappa shape index (κ3) is 6.29. The van der Waals surface area contributed by atoms with Crippen molar-refractivity contribution in [2.24, 2.45) is 0 Å². The van der Waals surface area contributed by atoms with Crippen molar-refractivity contribution in [3.63, 3.8) is 0 Å². The minimum atomic E-state index is -3.41. The number of nitrogens with zero attached hydrogens (tertiary/aromatic N) is 2. The Labute approximate surface area is 169 Å². The molecule has 0 radical (unpaired) electrons. The van der Waals surface area contributed by atoms with E-state index in [1.165, 1.54) is 35.4 Å². The zero-order valence-corrected chi connectivity index (χ0v) is 17.7. The van der Waals surface area contributed by atoms with Crippen LogP contribution in [0.15, 0.2) is 24.3 Å². The van der Waals surface area contributed by atoms with Crippen molar-refractivity contribution in [3.8, 4) is 0 Å². The van der Waals surface area contributed by atoms with Crippen LogP contribution in [0.5, 0.6) is 0 Å². The van der Waals surface area contributed by atoms with Gasteiger partial charge in [-0.25, -0.2) is 8.42 Å². The van der Waals surface area contributed by atoms with Crippen molar-refractivity contribution < 1.29 is 13.2 Å². The molecule has 1 heterocycles. The third-order valence-corrected chi connectivity index (χ3v) is 7.05. The molecule has 0 spiro atoms. The Kier molecular flexibility index (Phi) is 7.48. The molecule has 0 unspecified atom stereocenters. The lowest BCUT2D eigenvalue weighted by atomic mass is 9.95. The Bertz CT molecular complexity index is 754. The van der Waals surface area contributed by atoms with E-state index in [0.29, 0.717) is 0 Å². The first kappa shape index (κ1) is 21.3. The van der Waals surface area contributed by atoms with Gasteiger partial charge in [-0.2, -0.15) is 4.31 Å². The van der Waals surface area contributed by atoms with Crippen LogP contribution in [-0.2, 0) is 21.4 Å². The predicted octanol–water partition coefficient (Wildman–Crippen LogP) is 3.21. The summed E-state index contributed by atoms with van der Waals surface area (Å²) in [6, 6.07) is 7.83. The summed E-state index contributed by atoms with van der Waals surface area (Å²) < 4.78 is 25.9. The molecule has 2 aliphatic rings. The molecule has 0 atom stereocenters. The van der Waals surface area contributed by atoms with E-state index in [2.05, 4.69) is 16.3 Å². The maximum atomic E-state index is 12.6. The number of nitrogens with one attached hydrogen (secondary N) is 1. The molecule has 1 aliphatic heterocycles. The fourth-order valence-electron chi connectivity index (χ4n) is 4.35. The standard InChI is InChI=1S/C21H33N3O3S/c1-28(26,27)24(20-11-4-2-5-12-20)17-21(25)22-19-10-8-9-18(15-19)16-23-13-6-3-7-14-23/h8-10,15,20H,2-7,11-14,16-17H2,1H3,(H,22,25). The molecule has 0 aromatic heterocycles. The Morgan fingerprint density at radius 3 is 2.46 bits per heavy atom. The summed E-state index contributed by atoms with van der Waals surface area (Å²) in [5, 5.41) is 2.90. The average Bonchev–Trinajstić information content (AvgIpc) is 2.67. The van der Waals surface area contributed by atoms with Crippen LogP contribution in [0.3, 0.4) is 0 Å². The average molecular weight is 408 g/mol. The Hall–Kier alpha value is -1.44. The molecule has 3 rings (SSSR count). The fraction of sp³-hybridized carbons (Fsp3) is 0.667. The number of likely N-dealkylation sites (tertiary alicyclic amines) is 1. The largest absolute Gasteiger partial charge is 0.325 e. The number of amides is 1. The summed E-state index contributed by atoms with van der Waals surface area (Å²) in [6.45, 7) is 3.03. The van der Waals surface area contributed by atoms with Crippen LogP contribution in [0.4, 0.5) is 5.69 Å². The normalized spacial score (nSPS) is 19.6. The van der Waals surface area contributed by atoms with Gasteiger partial charge in [-0.15, -0.1) is 0 Å². The van der Waals surface area contributed by atoms with Gasteiger partial charge in [0, 0.05) is 18.3 Å². The molecule has 7 heteroatoms. The van der Waals surface area contributed by atoms with Crippen LogP contribution in [0, 0.1) is 0 Å². The first-order valence-electron chi connectivity index (χ1n) is 10.5. The highest BCUT2D eigenvalue weighted by atomic mass is 32.2. The molecule has 1 amide bonds. The topological polar surface area (TPSA) is 69.7 Å². The number of hydrogen-bond acceptors (Lipinski definition) is 4. The number of piperidine rings is 1. The van der Waals surface area contributed by atoms with Crippen LogP contribution >= 0.6 is 0 Å². The van der Waals surface area contributed by atoms with E-state index in [-0.39, 0.29) is 18.5 Å². The number of carbonyl (C=O) groups is 1. The molecule has 156 valence electrons. The number of sulfonamides is 1. The van der Waals surface area contributed by atoms with Gasteiger partial charge in [0.1, 0.15) is 0 Å². The van der Waals surface area contributed by atoms with Crippen LogP contribution < -0.4 is 5.32 Å². The van der Waals surface area contributed by atoms with E-state index in [1.54, 1.807) is 0 Å². The quantitative estimate of drug-likeness (QED) is 0.754. The third-order valence-electron chi connectivity index (χ3n) is 5.77. The van der Waals surface area contributed by atoms with Gasteiger partial charge < -0.3 is 5.32 Å². The van der Waals surface area contributed by atoms with Gasteiger partial charge >= 0.3 is 0 Å². The van der Waals surface area contributed by atoms with E-state index in [9.17, 15) is 13.2 Å². The number of rotatable bonds is 7. The summed E-state index contributed by atoms with van der Waals surface area (Å²) in [5.41, 5.74) is 1.91. The van der Waals surface area contributed by atoms with Gasteiger partial charge in [0.05, 0.1) is 12.8 Å². The second-order valence-corrected chi connectivity index (χ2v) is 10.1. The van der Waals surface area contributed by atoms with Crippen LogP contribution in [0.25, 0.3) is 0 Å². The van der Waals surface area contributed by atoms with E-state index in [4.69, 9.17) is 0 Å². The molecule has 1 saturated heterocycles. The van der Waals surface area contributed by atoms with Gasteiger partial charge in [0.2, 0.25) is 15.9 Å². The van der Waals surface area contributed by atoms with E-state index >= 15 is 0 Å². The zero-order valence-electron chi connectivity index (χ0n) is 16.9. The van der Waals surface area contributed by atoms with E-state index in [0.717, 1.165) is 57.4 Å². The van der Waals surface area contributed by atoms with Crippen molar-refractivity contribution in [1.82, 2.24) is 9.21 Å². The van der Waals surface area contributed by atoms with Gasteiger partial charge in [-0.3, -0.25) is 9.69 Å². The maximum Gasteiger partial charge on any atom is 0.239 e. The number of benzene rings is 1. The highest BCUT2D eigenvalue weighted by Crippen LogP contribution is 2.24. The second kappa shape index (κ2) is 9.85. The lowest BCUT2D eigenvalue weighted by Gasteiger charge is -2.31. The van der Waals surface area contributed by atoms with Crippen molar-refractivity contribution in [3.05, 3.63) is 29.8 Å². The predicted molar refractivity (Wildman–Crippen MR) is 113 cm³/mol. The van der Waals surface area contributed by atoms with Crippen molar-refractivity contribution in [2.45, 2.75) is 64.0 Å². The molecular formula is C21H33N3O3S.